The van der Waals surface area contributed by atoms with Crippen LogP contribution in [0.3, 0.4) is 0 Å². The zero-order valence-electron chi connectivity index (χ0n) is 14.4. The third-order valence-electron chi connectivity index (χ3n) is 3.63. The largest absolute Gasteiger partial charge is 0.390 e. The van der Waals surface area contributed by atoms with E-state index in [0.29, 0.717) is 6.54 Å². The molecule has 0 radical (unpaired) electrons. The van der Waals surface area contributed by atoms with Crippen LogP contribution in [0.1, 0.15) is 12.0 Å². The minimum absolute atomic E-state index is 0.146. The van der Waals surface area contributed by atoms with Crippen LogP contribution in [0.4, 0.5) is 5.69 Å². The molecule has 2 aromatic rings. The van der Waals surface area contributed by atoms with Gasteiger partial charge in [0.15, 0.2) is 0 Å². The van der Waals surface area contributed by atoms with E-state index in [0.717, 1.165) is 18.9 Å². The van der Waals surface area contributed by atoms with Crippen molar-refractivity contribution in [3.63, 3.8) is 0 Å². The Bertz CT molecular complexity index is 964. The number of amides is 1. The topological polar surface area (TPSA) is 119 Å². The minimum atomic E-state index is -4.37. The van der Waals surface area contributed by atoms with Gasteiger partial charge < -0.3 is 10.6 Å². The SMILES string of the molecule is N#C/C(=C/NCCCc1ccccc1)C(=O)Nc1cccc(S(=O)(=O)O)c1. The highest BCUT2D eigenvalue weighted by molar-refractivity contribution is 7.85. The maximum Gasteiger partial charge on any atom is 0.294 e. The van der Waals surface area contributed by atoms with Gasteiger partial charge in [0.05, 0.1) is 4.90 Å². The Morgan fingerprint density at radius 3 is 2.56 bits per heavy atom. The number of aryl methyl sites for hydroxylation is 1. The first-order valence-electron chi connectivity index (χ1n) is 8.16. The van der Waals surface area contributed by atoms with E-state index in [-0.39, 0.29) is 16.2 Å². The molecule has 2 rings (SSSR count). The second-order valence-corrected chi connectivity index (χ2v) is 7.09. The number of nitrogens with one attached hydrogen (secondary N) is 2. The lowest BCUT2D eigenvalue weighted by atomic mass is 10.1. The molecular formula is C19H19N3O4S. The number of hydrogen-bond acceptors (Lipinski definition) is 5. The fourth-order valence-electron chi connectivity index (χ4n) is 2.29. The van der Waals surface area contributed by atoms with Crippen molar-refractivity contribution in [2.24, 2.45) is 0 Å². The Hall–Kier alpha value is -3.15. The molecule has 8 heteroatoms. The molecule has 7 nitrogen and oxygen atoms in total. The van der Waals surface area contributed by atoms with E-state index in [1.807, 2.05) is 30.3 Å². The Morgan fingerprint density at radius 1 is 1.15 bits per heavy atom. The van der Waals surface area contributed by atoms with Gasteiger partial charge in [0.1, 0.15) is 11.6 Å². The Morgan fingerprint density at radius 2 is 1.89 bits per heavy atom. The quantitative estimate of drug-likeness (QED) is 0.278. The van der Waals surface area contributed by atoms with Crippen molar-refractivity contribution in [2.75, 3.05) is 11.9 Å². The number of rotatable bonds is 8. The molecular weight excluding hydrogens is 366 g/mol. The first kappa shape index (κ1) is 20.2. The zero-order chi connectivity index (χ0) is 19.7. The highest BCUT2D eigenvalue weighted by Gasteiger charge is 2.13. The molecule has 0 atom stereocenters. The molecule has 0 heterocycles. The van der Waals surface area contributed by atoms with E-state index >= 15 is 0 Å². The molecule has 0 saturated heterocycles. The normalized spacial score (nSPS) is 11.5. The summed E-state index contributed by atoms with van der Waals surface area (Å²) in [5.41, 5.74) is 1.22. The molecule has 0 bridgehead atoms. The van der Waals surface area contributed by atoms with Crippen LogP contribution in [-0.4, -0.2) is 25.4 Å². The van der Waals surface area contributed by atoms with Crippen molar-refractivity contribution in [3.8, 4) is 6.07 Å². The molecule has 1 amide bonds. The van der Waals surface area contributed by atoms with Gasteiger partial charge in [-0.25, -0.2) is 0 Å². The average molecular weight is 385 g/mol. The van der Waals surface area contributed by atoms with Gasteiger partial charge in [-0.15, -0.1) is 0 Å². The highest BCUT2D eigenvalue weighted by Crippen LogP contribution is 2.15. The molecule has 0 saturated carbocycles. The van der Waals surface area contributed by atoms with Gasteiger partial charge in [0.25, 0.3) is 16.0 Å². The Kier molecular flexibility index (Phi) is 7.11. The van der Waals surface area contributed by atoms with Crippen molar-refractivity contribution >= 4 is 21.7 Å². The minimum Gasteiger partial charge on any atom is -0.390 e. The second-order valence-electron chi connectivity index (χ2n) is 5.67. The van der Waals surface area contributed by atoms with Crippen LogP contribution in [0.15, 0.2) is 71.3 Å². The third kappa shape index (κ3) is 6.58. The third-order valence-corrected chi connectivity index (χ3v) is 4.48. The van der Waals surface area contributed by atoms with E-state index in [4.69, 9.17) is 9.81 Å². The second kappa shape index (κ2) is 9.52. The lowest BCUT2D eigenvalue weighted by Gasteiger charge is -2.06. The van der Waals surface area contributed by atoms with Gasteiger partial charge in [-0.3, -0.25) is 9.35 Å². The van der Waals surface area contributed by atoms with E-state index < -0.39 is 16.0 Å². The lowest BCUT2D eigenvalue weighted by molar-refractivity contribution is -0.112. The van der Waals surface area contributed by atoms with E-state index in [2.05, 4.69) is 10.6 Å². The predicted octanol–water partition coefficient (Wildman–Crippen LogP) is 2.50. The number of hydrogen-bond donors (Lipinski definition) is 3. The number of carbonyl (C=O) groups excluding carboxylic acids is 1. The predicted molar refractivity (Wildman–Crippen MR) is 101 cm³/mol. The van der Waals surface area contributed by atoms with Gasteiger partial charge in [-0.1, -0.05) is 36.4 Å². The highest BCUT2D eigenvalue weighted by atomic mass is 32.2. The van der Waals surface area contributed by atoms with E-state index in [1.165, 1.54) is 30.0 Å². The van der Waals surface area contributed by atoms with Crippen molar-refractivity contribution in [3.05, 3.63) is 71.9 Å². The standard InChI is InChI=1S/C19H19N3O4S/c20-13-16(14-21-11-5-8-15-6-2-1-3-7-15)19(23)22-17-9-4-10-18(12-17)27(24,25)26/h1-4,6-7,9-10,12,14,21H,5,8,11H2,(H,22,23)(H,24,25,26)/b16-14-. The van der Waals surface area contributed by atoms with Crippen LogP contribution < -0.4 is 10.6 Å². The summed E-state index contributed by atoms with van der Waals surface area (Å²) in [6.07, 6.45) is 3.03. The van der Waals surface area contributed by atoms with Crippen molar-refractivity contribution in [1.29, 1.82) is 5.26 Å². The van der Waals surface area contributed by atoms with Crippen molar-refractivity contribution in [2.45, 2.75) is 17.7 Å². The summed E-state index contributed by atoms with van der Waals surface area (Å²) < 4.78 is 31.3. The maximum atomic E-state index is 12.1. The smallest absolute Gasteiger partial charge is 0.294 e. The Labute approximate surface area is 158 Å². The van der Waals surface area contributed by atoms with Gasteiger partial charge in [-0.2, -0.15) is 13.7 Å². The number of benzene rings is 2. The molecule has 0 spiro atoms. The molecule has 2 aromatic carbocycles. The van der Waals surface area contributed by atoms with E-state index in [9.17, 15) is 13.2 Å². The fourth-order valence-corrected chi connectivity index (χ4v) is 2.82. The van der Waals surface area contributed by atoms with Crippen LogP contribution in [0.2, 0.25) is 0 Å². The average Bonchev–Trinajstić information content (AvgIpc) is 2.65. The maximum absolute atomic E-state index is 12.1. The summed E-state index contributed by atoms with van der Waals surface area (Å²) in [5, 5.41) is 14.5. The van der Waals surface area contributed by atoms with E-state index in [1.54, 1.807) is 6.07 Å². The summed E-state index contributed by atoms with van der Waals surface area (Å²) in [6, 6.07) is 16.9. The lowest BCUT2D eigenvalue weighted by Crippen LogP contribution is -2.17. The number of anilines is 1. The Balaban J connectivity index is 1.89. The van der Waals surface area contributed by atoms with Crippen LogP contribution >= 0.6 is 0 Å². The van der Waals surface area contributed by atoms with Gasteiger partial charge >= 0.3 is 0 Å². The number of carbonyl (C=O) groups is 1. The summed E-state index contributed by atoms with van der Waals surface area (Å²) in [5.74, 6) is -0.680. The first-order chi connectivity index (χ1) is 12.9. The van der Waals surface area contributed by atoms with Crippen LogP contribution in [-0.2, 0) is 21.3 Å². The first-order valence-corrected chi connectivity index (χ1v) is 9.60. The molecule has 0 aliphatic rings. The van der Waals surface area contributed by atoms with Gasteiger partial charge in [0.2, 0.25) is 0 Å². The zero-order valence-corrected chi connectivity index (χ0v) is 15.2. The molecule has 0 aliphatic carbocycles. The summed E-state index contributed by atoms with van der Waals surface area (Å²) in [6.45, 7) is 0.589. The molecule has 0 fully saturated rings. The fraction of sp³-hybridized carbons (Fsp3) is 0.158. The number of nitrogens with zero attached hydrogens (tertiary/aromatic N) is 1. The molecule has 0 aliphatic heterocycles. The number of nitriles is 1. The van der Waals surface area contributed by atoms with Crippen molar-refractivity contribution < 1.29 is 17.8 Å². The molecule has 140 valence electrons. The van der Waals surface area contributed by atoms with Crippen molar-refractivity contribution in [1.82, 2.24) is 5.32 Å². The summed E-state index contributed by atoms with van der Waals surface area (Å²) in [7, 11) is -4.37. The molecule has 0 aromatic heterocycles. The van der Waals surface area contributed by atoms with Gasteiger partial charge in [0, 0.05) is 18.4 Å². The van der Waals surface area contributed by atoms with Crippen LogP contribution in [0.5, 0.6) is 0 Å². The van der Waals surface area contributed by atoms with Crippen LogP contribution in [0.25, 0.3) is 0 Å². The summed E-state index contributed by atoms with van der Waals surface area (Å²) >= 11 is 0. The van der Waals surface area contributed by atoms with Gasteiger partial charge in [-0.05, 0) is 36.6 Å². The van der Waals surface area contributed by atoms with Crippen LogP contribution in [0, 0.1) is 11.3 Å². The molecule has 3 N–H and O–H groups in total. The molecule has 27 heavy (non-hydrogen) atoms. The monoisotopic (exact) mass is 385 g/mol. The molecule has 0 unspecified atom stereocenters. The summed E-state index contributed by atoms with van der Waals surface area (Å²) in [4.78, 5) is 11.8.